The lowest BCUT2D eigenvalue weighted by Gasteiger charge is -2.20. The predicted octanol–water partition coefficient (Wildman–Crippen LogP) is 4.01. The number of carbonyl (C=O) groups is 1. The summed E-state index contributed by atoms with van der Waals surface area (Å²) in [6, 6.07) is 14.1. The van der Waals surface area contributed by atoms with Crippen LogP contribution in [-0.2, 0) is 0 Å². The Morgan fingerprint density at radius 1 is 1.22 bits per heavy atom. The van der Waals surface area contributed by atoms with E-state index in [1.54, 1.807) is 17.0 Å². The van der Waals surface area contributed by atoms with Crippen molar-refractivity contribution in [1.82, 2.24) is 4.90 Å². The fourth-order valence-corrected chi connectivity index (χ4v) is 3.30. The predicted molar refractivity (Wildman–Crippen MR) is 104 cm³/mol. The summed E-state index contributed by atoms with van der Waals surface area (Å²) in [7, 11) is 0. The molecule has 2 aromatic rings. The summed E-state index contributed by atoms with van der Waals surface area (Å²) in [5.74, 6) is 2.36. The van der Waals surface area contributed by atoms with Crippen molar-refractivity contribution < 1.29 is 9.72 Å². The Kier molecular flexibility index (Phi) is 5.72. The van der Waals surface area contributed by atoms with E-state index in [1.165, 1.54) is 6.07 Å². The Hall–Kier alpha value is -3.33. The number of nitro benzene ring substituents is 1. The van der Waals surface area contributed by atoms with E-state index in [4.69, 9.17) is 6.42 Å². The zero-order valence-corrected chi connectivity index (χ0v) is 14.9. The molecule has 0 radical (unpaired) electrons. The summed E-state index contributed by atoms with van der Waals surface area (Å²) < 4.78 is 0. The van der Waals surface area contributed by atoms with Crippen molar-refractivity contribution in [2.24, 2.45) is 0 Å². The molecular formula is C21H21N3O3. The number of likely N-dealkylation sites (tertiary alicyclic amines) is 1. The van der Waals surface area contributed by atoms with Crippen molar-refractivity contribution in [2.75, 3.05) is 18.4 Å². The lowest BCUT2D eigenvalue weighted by Crippen LogP contribution is -2.28. The van der Waals surface area contributed by atoms with Crippen LogP contribution in [0.3, 0.4) is 0 Å². The first-order valence-corrected chi connectivity index (χ1v) is 8.93. The van der Waals surface area contributed by atoms with Crippen LogP contribution in [0.5, 0.6) is 0 Å². The molecule has 1 saturated heterocycles. The Morgan fingerprint density at radius 3 is 2.56 bits per heavy atom. The van der Waals surface area contributed by atoms with Crippen LogP contribution in [0.25, 0.3) is 0 Å². The third-order valence-corrected chi connectivity index (χ3v) is 4.68. The van der Waals surface area contributed by atoms with Crippen LogP contribution < -0.4 is 5.32 Å². The second-order valence-corrected chi connectivity index (χ2v) is 6.50. The molecule has 1 aliphatic rings. The lowest BCUT2D eigenvalue weighted by atomic mass is 10.0. The average Bonchev–Trinajstić information content (AvgIpc) is 3.22. The molecule has 0 aromatic heterocycles. The molecule has 3 rings (SSSR count). The third-order valence-electron chi connectivity index (χ3n) is 4.68. The van der Waals surface area contributed by atoms with Crippen LogP contribution >= 0.6 is 0 Å². The number of hydrogen-bond acceptors (Lipinski definition) is 4. The molecule has 1 amide bonds. The smallest absolute Gasteiger partial charge is 0.282 e. The van der Waals surface area contributed by atoms with Crippen LogP contribution in [0.1, 0.15) is 41.2 Å². The number of carbonyl (C=O) groups excluding carboxylic acids is 1. The number of anilines is 1. The molecule has 6 heteroatoms. The summed E-state index contributed by atoms with van der Waals surface area (Å²) in [6.07, 6.45) is 7.81. The van der Waals surface area contributed by atoms with Gasteiger partial charge in [0, 0.05) is 31.3 Å². The highest BCUT2D eigenvalue weighted by Crippen LogP contribution is 2.28. The van der Waals surface area contributed by atoms with E-state index in [0.29, 0.717) is 25.2 Å². The quantitative estimate of drug-likeness (QED) is 0.478. The first-order chi connectivity index (χ1) is 13.1. The second-order valence-electron chi connectivity index (χ2n) is 6.50. The topological polar surface area (TPSA) is 75.5 Å². The number of rotatable bonds is 6. The second kappa shape index (κ2) is 8.37. The molecule has 1 fully saturated rings. The van der Waals surface area contributed by atoms with Gasteiger partial charge in [0.05, 0.1) is 11.0 Å². The highest BCUT2D eigenvalue weighted by Gasteiger charge is 2.27. The first kappa shape index (κ1) is 18.5. The maximum absolute atomic E-state index is 12.8. The van der Waals surface area contributed by atoms with Crippen molar-refractivity contribution in [3.8, 4) is 12.3 Å². The summed E-state index contributed by atoms with van der Waals surface area (Å²) in [5, 5.41) is 14.7. The van der Waals surface area contributed by atoms with Gasteiger partial charge in [0.2, 0.25) is 0 Å². The van der Waals surface area contributed by atoms with Crippen LogP contribution in [0.2, 0.25) is 0 Å². The zero-order chi connectivity index (χ0) is 19.2. The summed E-state index contributed by atoms with van der Waals surface area (Å²) in [6.45, 7) is 1.27. The van der Waals surface area contributed by atoms with Gasteiger partial charge in [-0.2, -0.15) is 0 Å². The Bertz CT molecular complexity index is 868. The van der Waals surface area contributed by atoms with Gasteiger partial charge in [-0.05, 0) is 30.5 Å². The number of terminal acetylenes is 1. The fraction of sp³-hybridized carbons (Fsp3) is 0.286. The standard InChI is InChI=1S/C21H21N3O3/c1-2-8-19(16-9-4-3-5-10-16)22-17-11-12-20(24(26)27)18(15-17)21(25)23-13-6-7-14-23/h1,3-5,9-12,15,19,22H,6-8,13-14H2/t19-/m0/s1. The molecular weight excluding hydrogens is 342 g/mol. The SMILES string of the molecule is C#CC[C@H](Nc1ccc([N+](=O)[O-])c(C(=O)N2CCCC2)c1)c1ccccc1. The van der Waals surface area contributed by atoms with E-state index in [-0.39, 0.29) is 23.2 Å². The Morgan fingerprint density at radius 2 is 1.93 bits per heavy atom. The molecule has 1 aliphatic heterocycles. The van der Waals surface area contributed by atoms with E-state index in [2.05, 4.69) is 11.2 Å². The highest BCUT2D eigenvalue weighted by molar-refractivity contribution is 5.99. The van der Waals surface area contributed by atoms with Crippen LogP contribution in [0.15, 0.2) is 48.5 Å². The maximum atomic E-state index is 12.8. The van der Waals surface area contributed by atoms with Crippen LogP contribution in [0.4, 0.5) is 11.4 Å². The van der Waals surface area contributed by atoms with Gasteiger partial charge in [0.15, 0.2) is 0 Å². The van der Waals surface area contributed by atoms with Crippen molar-refractivity contribution in [3.63, 3.8) is 0 Å². The molecule has 0 spiro atoms. The third kappa shape index (κ3) is 4.26. The van der Waals surface area contributed by atoms with E-state index < -0.39 is 4.92 Å². The minimum absolute atomic E-state index is 0.111. The van der Waals surface area contributed by atoms with E-state index in [1.807, 2.05) is 30.3 Å². The van der Waals surface area contributed by atoms with Gasteiger partial charge in [0.25, 0.3) is 11.6 Å². The van der Waals surface area contributed by atoms with E-state index >= 15 is 0 Å². The minimum atomic E-state index is -0.511. The van der Waals surface area contributed by atoms with Gasteiger partial charge in [-0.3, -0.25) is 14.9 Å². The van der Waals surface area contributed by atoms with Crippen LogP contribution in [-0.4, -0.2) is 28.8 Å². The molecule has 0 aliphatic carbocycles. The molecule has 0 saturated carbocycles. The number of hydrogen-bond donors (Lipinski definition) is 1. The molecule has 27 heavy (non-hydrogen) atoms. The van der Waals surface area contributed by atoms with Gasteiger partial charge in [0.1, 0.15) is 5.56 Å². The van der Waals surface area contributed by atoms with Crippen LogP contribution in [0, 0.1) is 22.5 Å². The number of benzene rings is 2. The zero-order valence-electron chi connectivity index (χ0n) is 14.9. The van der Waals surface area contributed by atoms with Gasteiger partial charge in [-0.25, -0.2) is 0 Å². The lowest BCUT2D eigenvalue weighted by molar-refractivity contribution is -0.385. The molecule has 138 valence electrons. The molecule has 0 unspecified atom stereocenters. The average molecular weight is 363 g/mol. The molecule has 6 nitrogen and oxygen atoms in total. The monoisotopic (exact) mass is 363 g/mol. The Balaban J connectivity index is 1.91. The van der Waals surface area contributed by atoms with Gasteiger partial charge >= 0.3 is 0 Å². The van der Waals surface area contributed by atoms with Crippen molar-refractivity contribution in [3.05, 3.63) is 69.8 Å². The van der Waals surface area contributed by atoms with Gasteiger partial charge in [-0.1, -0.05) is 30.3 Å². The molecule has 1 atom stereocenters. The number of nitrogens with one attached hydrogen (secondary N) is 1. The summed E-state index contributed by atoms with van der Waals surface area (Å²) in [5.41, 5.74) is 1.58. The minimum Gasteiger partial charge on any atom is -0.377 e. The molecule has 1 heterocycles. The maximum Gasteiger partial charge on any atom is 0.282 e. The van der Waals surface area contributed by atoms with Crippen molar-refractivity contribution in [1.29, 1.82) is 0 Å². The van der Waals surface area contributed by atoms with Gasteiger partial charge < -0.3 is 10.2 Å². The van der Waals surface area contributed by atoms with E-state index in [0.717, 1.165) is 18.4 Å². The summed E-state index contributed by atoms with van der Waals surface area (Å²) in [4.78, 5) is 25.3. The highest BCUT2D eigenvalue weighted by atomic mass is 16.6. The van der Waals surface area contributed by atoms with Gasteiger partial charge in [-0.15, -0.1) is 12.3 Å². The summed E-state index contributed by atoms with van der Waals surface area (Å²) >= 11 is 0. The largest absolute Gasteiger partial charge is 0.377 e. The Labute approximate surface area is 158 Å². The van der Waals surface area contributed by atoms with E-state index in [9.17, 15) is 14.9 Å². The first-order valence-electron chi connectivity index (χ1n) is 8.93. The fourth-order valence-electron chi connectivity index (χ4n) is 3.30. The number of amides is 1. The molecule has 1 N–H and O–H groups in total. The molecule has 2 aromatic carbocycles. The molecule has 0 bridgehead atoms. The number of nitro groups is 1. The normalized spacial score (nSPS) is 14.4. The number of nitrogens with zero attached hydrogens (tertiary/aromatic N) is 2. The van der Waals surface area contributed by atoms with Crippen molar-refractivity contribution in [2.45, 2.75) is 25.3 Å². The van der Waals surface area contributed by atoms with Crippen molar-refractivity contribution >= 4 is 17.3 Å².